The van der Waals surface area contributed by atoms with Gasteiger partial charge in [-0.25, -0.2) is 4.79 Å². The lowest BCUT2D eigenvalue weighted by molar-refractivity contribution is 0.0693. The first kappa shape index (κ1) is 12.2. The van der Waals surface area contributed by atoms with E-state index in [9.17, 15) is 9.90 Å². The Balaban J connectivity index is 2.29. The first-order chi connectivity index (χ1) is 8.08. The maximum Gasteiger partial charge on any atom is 0.339 e. The molecule has 4 nitrogen and oxygen atoms in total. The molecular formula is C12H14ClNO3. The summed E-state index contributed by atoms with van der Waals surface area (Å²) in [6, 6.07) is 2.90. The average molecular weight is 256 g/mol. The quantitative estimate of drug-likeness (QED) is 0.870. The highest BCUT2D eigenvalue weighted by atomic mass is 35.5. The highest BCUT2D eigenvalue weighted by Crippen LogP contribution is 2.29. The number of aromatic carboxylic acids is 1. The van der Waals surface area contributed by atoms with E-state index in [4.69, 9.17) is 16.7 Å². The Hall–Kier alpha value is -1.26. The number of carboxylic acid groups (broad SMARTS) is 1. The van der Waals surface area contributed by atoms with Gasteiger partial charge >= 0.3 is 5.97 Å². The summed E-state index contributed by atoms with van der Waals surface area (Å²) in [5, 5.41) is 19.2. The zero-order valence-electron chi connectivity index (χ0n) is 9.32. The molecule has 5 heteroatoms. The highest BCUT2D eigenvalue weighted by molar-refractivity contribution is 6.31. The number of carboxylic acids is 1. The molecule has 0 radical (unpaired) electrons. The minimum atomic E-state index is -1.16. The van der Waals surface area contributed by atoms with E-state index < -0.39 is 5.97 Å². The monoisotopic (exact) mass is 255 g/mol. The largest absolute Gasteiger partial charge is 0.507 e. The molecule has 1 aromatic rings. The molecule has 2 N–H and O–H groups in total. The predicted molar refractivity (Wildman–Crippen MR) is 64.6 cm³/mol. The Kier molecular flexibility index (Phi) is 3.54. The summed E-state index contributed by atoms with van der Waals surface area (Å²) < 4.78 is 0. The van der Waals surface area contributed by atoms with Crippen molar-refractivity contribution in [1.82, 2.24) is 4.90 Å². The molecule has 1 aliphatic rings. The molecule has 1 fully saturated rings. The van der Waals surface area contributed by atoms with Gasteiger partial charge in [-0.2, -0.15) is 0 Å². The van der Waals surface area contributed by atoms with Crippen molar-refractivity contribution < 1.29 is 15.0 Å². The second-order valence-corrected chi connectivity index (χ2v) is 4.69. The third-order valence-electron chi connectivity index (χ3n) is 2.98. The summed E-state index contributed by atoms with van der Waals surface area (Å²) in [5.74, 6) is -1.33. The summed E-state index contributed by atoms with van der Waals surface area (Å²) in [6.45, 7) is 2.51. The van der Waals surface area contributed by atoms with Crippen molar-refractivity contribution in [2.45, 2.75) is 19.4 Å². The van der Waals surface area contributed by atoms with Crippen LogP contribution in [-0.4, -0.2) is 34.2 Å². The van der Waals surface area contributed by atoms with Gasteiger partial charge in [0, 0.05) is 17.1 Å². The molecular weight excluding hydrogens is 242 g/mol. The Labute approximate surface area is 104 Å². The number of phenols is 1. The van der Waals surface area contributed by atoms with Crippen LogP contribution in [0.25, 0.3) is 0 Å². The van der Waals surface area contributed by atoms with Crippen molar-refractivity contribution >= 4 is 17.6 Å². The Morgan fingerprint density at radius 2 is 2.00 bits per heavy atom. The number of benzene rings is 1. The van der Waals surface area contributed by atoms with E-state index >= 15 is 0 Å². The van der Waals surface area contributed by atoms with Crippen LogP contribution < -0.4 is 0 Å². The first-order valence-corrected chi connectivity index (χ1v) is 5.93. The average Bonchev–Trinajstić information content (AvgIpc) is 2.75. The van der Waals surface area contributed by atoms with Crippen molar-refractivity contribution in [2.75, 3.05) is 13.1 Å². The number of nitrogens with zero attached hydrogens (tertiary/aromatic N) is 1. The summed E-state index contributed by atoms with van der Waals surface area (Å²) >= 11 is 5.86. The van der Waals surface area contributed by atoms with Crippen LogP contribution in [0.3, 0.4) is 0 Å². The zero-order chi connectivity index (χ0) is 12.4. The number of aromatic hydroxyl groups is 1. The molecule has 1 heterocycles. The molecule has 0 amide bonds. The van der Waals surface area contributed by atoms with Crippen LogP contribution in [0.2, 0.25) is 5.02 Å². The molecule has 0 aromatic heterocycles. The number of likely N-dealkylation sites (tertiary alicyclic amines) is 1. The van der Waals surface area contributed by atoms with Crippen LogP contribution >= 0.6 is 11.6 Å². The van der Waals surface area contributed by atoms with E-state index in [1.54, 1.807) is 6.07 Å². The van der Waals surface area contributed by atoms with Crippen LogP contribution in [0.15, 0.2) is 12.1 Å². The van der Waals surface area contributed by atoms with Crippen LogP contribution in [0, 0.1) is 0 Å². The number of halogens is 1. The van der Waals surface area contributed by atoms with Gasteiger partial charge in [0.1, 0.15) is 11.3 Å². The summed E-state index contributed by atoms with van der Waals surface area (Å²) in [6.07, 6.45) is 2.29. The van der Waals surface area contributed by atoms with Crippen molar-refractivity contribution in [2.24, 2.45) is 0 Å². The lowest BCUT2D eigenvalue weighted by Gasteiger charge is -2.16. The van der Waals surface area contributed by atoms with Crippen LogP contribution in [0.1, 0.15) is 28.8 Å². The molecule has 2 rings (SSSR count). The molecule has 0 saturated carbocycles. The molecule has 0 unspecified atom stereocenters. The number of hydrogen-bond acceptors (Lipinski definition) is 3. The van der Waals surface area contributed by atoms with E-state index in [2.05, 4.69) is 4.90 Å². The van der Waals surface area contributed by atoms with E-state index in [-0.39, 0.29) is 11.3 Å². The highest BCUT2D eigenvalue weighted by Gasteiger charge is 2.18. The first-order valence-electron chi connectivity index (χ1n) is 5.55. The summed E-state index contributed by atoms with van der Waals surface area (Å²) in [5.41, 5.74) is 0.448. The van der Waals surface area contributed by atoms with Gasteiger partial charge in [0.2, 0.25) is 0 Å². The van der Waals surface area contributed by atoms with Gasteiger partial charge in [-0.3, -0.25) is 4.90 Å². The normalized spacial score (nSPS) is 16.3. The zero-order valence-corrected chi connectivity index (χ0v) is 10.1. The minimum absolute atomic E-state index is 0.133. The van der Waals surface area contributed by atoms with E-state index in [1.165, 1.54) is 6.07 Å². The third kappa shape index (κ3) is 2.70. The number of rotatable bonds is 3. The van der Waals surface area contributed by atoms with E-state index in [0.29, 0.717) is 17.1 Å². The van der Waals surface area contributed by atoms with Gasteiger partial charge in [-0.1, -0.05) is 11.6 Å². The fourth-order valence-electron chi connectivity index (χ4n) is 2.12. The lowest BCUT2D eigenvalue weighted by Crippen LogP contribution is -2.18. The molecule has 1 aliphatic heterocycles. The SMILES string of the molecule is O=C(O)c1cc(Cl)cc(CN2CCCC2)c1O. The van der Waals surface area contributed by atoms with Gasteiger partial charge in [-0.05, 0) is 38.1 Å². The lowest BCUT2D eigenvalue weighted by atomic mass is 10.1. The second kappa shape index (κ2) is 4.94. The number of carbonyl (C=O) groups is 1. The number of hydrogen-bond donors (Lipinski definition) is 2. The summed E-state index contributed by atoms with van der Waals surface area (Å²) in [7, 11) is 0. The maximum absolute atomic E-state index is 10.9. The topological polar surface area (TPSA) is 60.8 Å². The smallest absolute Gasteiger partial charge is 0.339 e. The van der Waals surface area contributed by atoms with Crippen molar-refractivity contribution in [1.29, 1.82) is 0 Å². The van der Waals surface area contributed by atoms with Gasteiger partial charge in [-0.15, -0.1) is 0 Å². The van der Waals surface area contributed by atoms with Gasteiger partial charge in [0.15, 0.2) is 0 Å². The standard InChI is InChI=1S/C12H14ClNO3/c13-9-5-8(7-14-3-1-2-4-14)11(15)10(6-9)12(16)17/h5-6,15H,1-4,7H2,(H,16,17). The third-order valence-corrected chi connectivity index (χ3v) is 3.19. The van der Waals surface area contributed by atoms with Crippen molar-refractivity contribution in [3.05, 3.63) is 28.3 Å². The van der Waals surface area contributed by atoms with Gasteiger partial charge in [0.05, 0.1) is 0 Å². The van der Waals surface area contributed by atoms with Gasteiger partial charge in [0.25, 0.3) is 0 Å². The second-order valence-electron chi connectivity index (χ2n) is 4.25. The van der Waals surface area contributed by atoms with Gasteiger partial charge < -0.3 is 10.2 Å². The minimum Gasteiger partial charge on any atom is -0.507 e. The molecule has 17 heavy (non-hydrogen) atoms. The maximum atomic E-state index is 10.9. The summed E-state index contributed by atoms with van der Waals surface area (Å²) in [4.78, 5) is 13.1. The fourth-order valence-corrected chi connectivity index (χ4v) is 2.36. The van der Waals surface area contributed by atoms with E-state index in [0.717, 1.165) is 25.9 Å². The molecule has 1 saturated heterocycles. The molecule has 1 aromatic carbocycles. The Morgan fingerprint density at radius 1 is 1.35 bits per heavy atom. The fraction of sp³-hybridized carbons (Fsp3) is 0.417. The van der Waals surface area contributed by atoms with E-state index in [1.807, 2.05) is 0 Å². The molecule has 92 valence electrons. The molecule has 0 aliphatic carbocycles. The van der Waals surface area contributed by atoms with Crippen LogP contribution in [0.4, 0.5) is 0 Å². The molecule has 0 spiro atoms. The Bertz CT molecular complexity index is 442. The van der Waals surface area contributed by atoms with Crippen LogP contribution in [0.5, 0.6) is 5.75 Å². The van der Waals surface area contributed by atoms with Crippen molar-refractivity contribution in [3.8, 4) is 5.75 Å². The molecule has 0 atom stereocenters. The van der Waals surface area contributed by atoms with Crippen molar-refractivity contribution in [3.63, 3.8) is 0 Å². The van der Waals surface area contributed by atoms with Crippen LogP contribution in [-0.2, 0) is 6.54 Å². The Morgan fingerprint density at radius 3 is 2.59 bits per heavy atom. The predicted octanol–water partition coefficient (Wildman–Crippen LogP) is 2.34. The molecule has 0 bridgehead atoms.